The van der Waals surface area contributed by atoms with Crippen LogP contribution < -0.4 is 0 Å². The van der Waals surface area contributed by atoms with Crippen LogP contribution in [0.3, 0.4) is 0 Å². The van der Waals surface area contributed by atoms with E-state index in [9.17, 15) is 13.9 Å². The number of aliphatic hydroxyl groups is 1. The van der Waals surface area contributed by atoms with Crippen molar-refractivity contribution in [1.82, 2.24) is 0 Å². The van der Waals surface area contributed by atoms with Crippen LogP contribution in [0.1, 0.15) is 49.1 Å². The van der Waals surface area contributed by atoms with Crippen LogP contribution in [0.2, 0.25) is 0 Å². The van der Waals surface area contributed by atoms with Crippen molar-refractivity contribution in [2.24, 2.45) is 0 Å². The van der Waals surface area contributed by atoms with Gasteiger partial charge in [-0.15, -0.1) is 0 Å². The molecule has 0 aliphatic heterocycles. The van der Waals surface area contributed by atoms with Gasteiger partial charge >= 0.3 is 0 Å². The van der Waals surface area contributed by atoms with E-state index in [0.717, 1.165) is 11.6 Å². The fraction of sp³-hybridized carbons (Fsp3) is 0.333. The fourth-order valence-corrected chi connectivity index (χ4v) is 2.48. The molecule has 0 spiro atoms. The number of aryl methyl sites for hydroxylation is 1. The number of halogens is 2. The van der Waals surface area contributed by atoms with Gasteiger partial charge in [-0.3, -0.25) is 0 Å². The summed E-state index contributed by atoms with van der Waals surface area (Å²) in [6, 6.07) is 9.60. The molecule has 0 aromatic heterocycles. The summed E-state index contributed by atoms with van der Waals surface area (Å²) in [7, 11) is 0. The van der Waals surface area contributed by atoms with E-state index in [2.05, 4.69) is 0 Å². The molecule has 0 bridgehead atoms. The third-order valence-corrected chi connectivity index (χ3v) is 3.64. The van der Waals surface area contributed by atoms with Gasteiger partial charge < -0.3 is 5.11 Å². The molecule has 0 saturated heterocycles. The lowest BCUT2D eigenvalue weighted by molar-refractivity contribution is 0.212. The Bertz CT molecular complexity index is 657. The van der Waals surface area contributed by atoms with Crippen molar-refractivity contribution in [2.75, 3.05) is 0 Å². The van der Waals surface area contributed by atoms with Crippen molar-refractivity contribution < 1.29 is 13.9 Å². The van der Waals surface area contributed by atoms with Crippen molar-refractivity contribution in [3.63, 3.8) is 0 Å². The zero-order valence-corrected chi connectivity index (χ0v) is 12.7. The van der Waals surface area contributed by atoms with Crippen LogP contribution in [0, 0.1) is 18.6 Å². The first-order valence-corrected chi connectivity index (χ1v) is 6.95. The summed E-state index contributed by atoms with van der Waals surface area (Å²) in [6.45, 7) is 7.65. The van der Waals surface area contributed by atoms with Gasteiger partial charge in [0.2, 0.25) is 0 Å². The Kier molecular flexibility index (Phi) is 4.15. The molecule has 0 heterocycles. The van der Waals surface area contributed by atoms with Gasteiger partial charge in [0.1, 0.15) is 17.7 Å². The Balaban J connectivity index is 2.56. The third-order valence-electron chi connectivity index (χ3n) is 3.64. The maximum absolute atomic E-state index is 14.0. The average molecular weight is 290 g/mol. The highest BCUT2D eigenvalue weighted by atomic mass is 19.1. The molecule has 0 radical (unpaired) electrons. The molecular weight excluding hydrogens is 270 g/mol. The highest BCUT2D eigenvalue weighted by Gasteiger charge is 2.24. The second-order valence-corrected chi connectivity index (χ2v) is 6.36. The lowest BCUT2D eigenvalue weighted by Gasteiger charge is -2.25. The minimum atomic E-state index is -1.11. The first-order valence-electron chi connectivity index (χ1n) is 6.95. The molecule has 0 saturated carbocycles. The lowest BCUT2D eigenvalue weighted by atomic mass is 9.81. The normalized spacial score (nSPS) is 13.3. The van der Waals surface area contributed by atoms with E-state index >= 15 is 0 Å². The summed E-state index contributed by atoms with van der Waals surface area (Å²) in [5, 5.41) is 10.6. The Morgan fingerprint density at radius 3 is 2.19 bits per heavy atom. The Labute approximate surface area is 124 Å². The third kappa shape index (κ3) is 3.13. The lowest BCUT2D eigenvalue weighted by Crippen LogP contribution is -2.17. The van der Waals surface area contributed by atoms with E-state index in [4.69, 9.17) is 0 Å². The van der Waals surface area contributed by atoms with E-state index in [-0.39, 0.29) is 11.0 Å². The summed E-state index contributed by atoms with van der Waals surface area (Å²) < 4.78 is 27.4. The van der Waals surface area contributed by atoms with Crippen LogP contribution in [0.4, 0.5) is 8.78 Å². The Hall–Kier alpha value is -1.74. The smallest absolute Gasteiger partial charge is 0.132 e. The largest absolute Gasteiger partial charge is 0.384 e. The summed E-state index contributed by atoms with van der Waals surface area (Å²) in [5.41, 5.74) is 1.83. The Morgan fingerprint density at radius 1 is 0.952 bits per heavy atom. The van der Waals surface area contributed by atoms with E-state index in [0.29, 0.717) is 11.1 Å². The SMILES string of the molecule is Cc1cc(C(O)c2ccccc2C(C)(C)C)c(F)cc1F. The molecule has 2 aromatic carbocycles. The standard InChI is InChI=1S/C18H20F2O/c1-11-9-13(16(20)10-15(11)19)17(21)12-7-5-6-8-14(12)18(2,3)4/h5-10,17,21H,1-4H3. The molecular formula is C18H20F2O. The molecule has 1 unspecified atom stereocenters. The molecule has 0 fully saturated rings. The van der Waals surface area contributed by atoms with Crippen molar-refractivity contribution in [3.8, 4) is 0 Å². The van der Waals surface area contributed by atoms with Gasteiger partial charge in [0.25, 0.3) is 0 Å². The van der Waals surface area contributed by atoms with Crippen LogP contribution in [-0.2, 0) is 5.41 Å². The second kappa shape index (κ2) is 5.57. The molecule has 1 nitrogen and oxygen atoms in total. The monoisotopic (exact) mass is 290 g/mol. The molecule has 112 valence electrons. The van der Waals surface area contributed by atoms with Crippen molar-refractivity contribution in [1.29, 1.82) is 0 Å². The van der Waals surface area contributed by atoms with Gasteiger partial charge in [-0.05, 0) is 35.1 Å². The maximum Gasteiger partial charge on any atom is 0.132 e. The molecule has 2 rings (SSSR count). The average Bonchev–Trinajstić information content (AvgIpc) is 2.41. The fourth-order valence-electron chi connectivity index (χ4n) is 2.48. The summed E-state index contributed by atoms with van der Waals surface area (Å²) in [4.78, 5) is 0. The second-order valence-electron chi connectivity index (χ2n) is 6.36. The van der Waals surface area contributed by atoms with Crippen molar-refractivity contribution in [3.05, 3.63) is 70.3 Å². The summed E-state index contributed by atoms with van der Waals surface area (Å²) in [5.74, 6) is -1.33. The zero-order valence-electron chi connectivity index (χ0n) is 12.7. The summed E-state index contributed by atoms with van der Waals surface area (Å²) in [6.07, 6.45) is -1.11. The van der Waals surface area contributed by atoms with Crippen molar-refractivity contribution >= 4 is 0 Å². The quantitative estimate of drug-likeness (QED) is 0.853. The van der Waals surface area contributed by atoms with E-state index < -0.39 is 17.7 Å². The molecule has 21 heavy (non-hydrogen) atoms. The van der Waals surface area contributed by atoms with Gasteiger partial charge in [-0.25, -0.2) is 8.78 Å². The number of hydrogen-bond donors (Lipinski definition) is 1. The Morgan fingerprint density at radius 2 is 1.57 bits per heavy atom. The maximum atomic E-state index is 14.0. The van der Waals surface area contributed by atoms with Gasteiger partial charge in [0.05, 0.1) is 0 Å². The van der Waals surface area contributed by atoms with Crippen LogP contribution >= 0.6 is 0 Å². The minimum Gasteiger partial charge on any atom is -0.384 e. The van der Waals surface area contributed by atoms with Crippen LogP contribution in [0.25, 0.3) is 0 Å². The zero-order chi connectivity index (χ0) is 15.8. The van der Waals surface area contributed by atoms with Crippen LogP contribution in [0.5, 0.6) is 0 Å². The molecule has 3 heteroatoms. The van der Waals surface area contributed by atoms with Gasteiger partial charge in [-0.1, -0.05) is 45.0 Å². The predicted octanol–water partition coefficient (Wildman–Crippen LogP) is 4.65. The number of benzene rings is 2. The number of aliphatic hydroxyl groups excluding tert-OH is 1. The van der Waals surface area contributed by atoms with Crippen molar-refractivity contribution in [2.45, 2.75) is 39.2 Å². The highest BCUT2D eigenvalue weighted by Crippen LogP contribution is 2.34. The van der Waals surface area contributed by atoms with Gasteiger partial charge in [-0.2, -0.15) is 0 Å². The molecule has 0 amide bonds. The molecule has 0 aliphatic carbocycles. The topological polar surface area (TPSA) is 20.2 Å². The molecule has 1 atom stereocenters. The van der Waals surface area contributed by atoms with E-state index in [1.807, 2.05) is 39.0 Å². The van der Waals surface area contributed by atoms with E-state index in [1.54, 1.807) is 13.0 Å². The van der Waals surface area contributed by atoms with Gasteiger partial charge in [0.15, 0.2) is 0 Å². The highest BCUT2D eigenvalue weighted by molar-refractivity contribution is 5.40. The molecule has 0 aliphatic rings. The molecule has 2 aromatic rings. The molecule has 1 N–H and O–H groups in total. The minimum absolute atomic E-state index is 0.102. The first-order chi connectivity index (χ1) is 9.71. The number of rotatable bonds is 2. The van der Waals surface area contributed by atoms with E-state index in [1.165, 1.54) is 6.07 Å². The first kappa shape index (κ1) is 15.6. The van der Waals surface area contributed by atoms with Gasteiger partial charge in [0, 0.05) is 11.6 Å². The van der Waals surface area contributed by atoms with Crippen LogP contribution in [0.15, 0.2) is 36.4 Å². The van der Waals surface area contributed by atoms with Crippen LogP contribution in [-0.4, -0.2) is 5.11 Å². The summed E-state index contributed by atoms with van der Waals surface area (Å²) >= 11 is 0. The number of hydrogen-bond acceptors (Lipinski definition) is 1. The predicted molar refractivity (Wildman–Crippen MR) is 80.3 cm³/mol.